The van der Waals surface area contributed by atoms with Crippen molar-refractivity contribution >= 4 is 58.8 Å². The lowest BCUT2D eigenvalue weighted by Gasteiger charge is -2.25. The second-order valence-electron chi connectivity index (χ2n) is 8.28. The van der Waals surface area contributed by atoms with E-state index in [1.165, 1.54) is 6.92 Å². The lowest BCUT2D eigenvalue weighted by Crippen LogP contribution is -2.35. The van der Waals surface area contributed by atoms with Gasteiger partial charge in [-0.15, -0.1) is 24.8 Å². The van der Waals surface area contributed by atoms with Gasteiger partial charge in [0.1, 0.15) is 0 Å². The molecule has 2 N–H and O–H groups in total. The smallest absolute Gasteiger partial charge is 0.254 e. The number of hydrogen-bond donors (Lipinski definition) is 2. The molecule has 3 aromatic carbocycles. The Balaban J connectivity index is 0.00000171. The fraction of sp³-hybridized carbons (Fsp3) is 0.192. The van der Waals surface area contributed by atoms with E-state index in [1.54, 1.807) is 12.5 Å². The minimum atomic E-state index is -0.114. The van der Waals surface area contributed by atoms with Crippen LogP contribution in [0.25, 0.3) is 10.8 Å². The van der Waals surface area contributed by atoms with E-state index in [1.807, 2.05) is 65.6 Å². The summed E-state index contributed by atoms with van der Waals surface area (Å²) in [6.45, 7) is 3.87. The van der Waals surface area contributed by atoms with Crippen LogP contribution in [0.2, 0.25) is 0 Å². The summed E-state index contributed by atoms with van der Waals surface area (Å²) in [7, 11) is 0. The average molecular weight is 512 g/mol. The molecule has 1 aliphatic rings. The lowest BCUT2D eigenvalue weighted by atomic mass is 10.0. The number of anilines is 2. The maximum atomic E-state index is 13.6. The van der Waals surface area contributed by atoms with Gasteiger partial charge >= 0.3 is 0 Å². The van der Waals surface area contributed by atoms with Crippen LogP contribution in [0.15, 0.2) is 73.2 Å². The highest BCUT2D eigenvalue weighted by atomic mass is 35.5. The van der Waals surface area contributed by atoms with Crippen LogP contribution >= 0.6 is 24.8 Å². The highest BCUT2D eigenvalue weighted by Crippen LogP contribution is 2.31. The van der Waals surface area contributed by atoms with Gasteiger partial charge in [0.05, 0.1) is 18.6 Å². The molecule has 9 heteroatoms. The molecule has 0 spiro atoms. The van der Waals surface area contributed by atoms with Gasteiger partial charge in [-0.05, 0) is 34.5 Å². The van der Waals surface area contributed by atoms with E-state index in [9.17, 15) is 9.59 Å². The number of fused-ring (bicyclic) bond motifs is 2. The molecule has 0 unspecified atom stereocenters. The number of nitrogens with zero attached hydrogens (tertiary/aromatic N) is 3. The zero-order valence-corrected chi connectivity index (χ0v) is 20.9. The third-order valence-electron chi connectivity index (χ3n) is 5.97. The number of H-pyrrole nitrogens is 1. The van der Waals surface area contributed by atoms with Crippen LogP contribution in [0.4, 0.5) is 11.4 Å². The summed E-state index contributed by atoms with van der Waals surface area (Å²) in [4.78, 5) is 36.7. The van der Waals surface area contributed by atoms with Gasteiger partial charge in [-0.3, -0.25) is 9.59 Å². The number of benzene rings is 3. The van der Waals surface area contributed by atoms with Crippen molar-refractivity contribution in [2.75, 3.05) is 23.3 Å². The molecule has 0 aliphatic carbocycles. The molecule has 4 aromatic rings. The van der Waals surface area contributed by atoms with E-state index in [0.29, 0.717) is 31.7 Å². The number of imidazole rings is 1. The molecule has 0 radical (unpaired) electrons. The highest BCUT2D eigenvalue weighted by molar-refractivity contribution is 6.07. The van der Waals surface area contributed by atoms with Crippen LogP contribution in [-0.4, -0.2) is 39.8 Å². The van der Waals surface area contributed by atoms with Crippen molar-refractivity contribution in [3.8, 4) is 0 Å². The fourth-order valence-electron chi connectivity index (χ4n) is 4.42. The molecule has 35 heavy (non-hydrogen) atoms. The van der Waals surface area contributed by atoms with Gasteiger partial charge in [-0.2, -0.15) is 0 Å². The molecule has 0 saturated carbocycles. The Bertz CT molecular complexity index is 1320. The Morgan fingerprint density at radius 2 is 1.83 bits per heavy atom. The topological polar surface area (TPSA) is 81.3 Å². The Kier molecular flexibility index (Phi) is 8.38. The van der Waals surface area contributed by atoms with Gasteiger partial charge in [-0.25, -0.2) is 4.98 Å². The molecular weight excluding hydrogens is 485 g/mol. The first kappa shape index (κ1) is 26.1. The second kappa shape index (κ2) is 11.3. The minimum Gasteiger partial charge on any atom is -0.364 e. The summed E-state index contributed by atoms with van der Waals surface area (Å²) in [5.41, 5.74) is 4.48. The summed E-state index contributed by atoms with van der Waals surface area (Å²) in [5, 5.41) is 4.89. The van der Waals surface area contributed by atoms with Crippen LogP contribution in [0.3, 0.4) is 0 Å². The van der Waals surface area contributed by atoms with Crippen molar-refractivity contribution in [2.45, 2.75) is 20.0 Å². The first-order chi connectivity index (χ1) is 16.1. The number of carbonyl (C=O) groups excluding carboxylic acids is 2. The number of hydrogen-bond acceptors (Lipinski definition) is 4. The molecule has 1 aromatic heterocycles. The molecule has 5 rings (SSSR count). The van der Waals surface area contributed by atoms with Crippen molar-refractivity contribution in [1.82, 2.24) is 14.9 Å². The van der Waals surface area contributed by atoms with Gasteiger partial charge in [0, 0.05) is 49.7 Å². The quantitative estimate of drug-likeness (QED) is 0.402. The Hall–Kier alpha value is -3.55. The molecule has 0 atom stereocenters. The van der Waals surface area contributed by atoms with Gasteiger partial charge in [0.15, 0.2) is 0 Å². The summed E-state index contributed by atoms with van der Waals surface area (Å²) in [5.74, 6) is -0.0940. The van der Waals surface area contributed by atoms with Gasteiger partial charge < -0.3 is 20.1 Å². The molecule has 2 amide bonds. The molecule has 7 nitrogen and oxygen atoms in total. The SMILES string of the molecule is CC(=O)Nc1ccc2c(c1)N(Cc1cnc[nH]1)CCN(C(=O)c1cccc3ccccc13)C2.Cl.Cl. The third kappa shape index (κ3) is 5.58. The van der Waals surface area contributed by atoms with Crippen molar-refractivity contribution in [2.24, 2.45) is 0 Å². The number of aromatic nitrogens is 2. The van der Waals surface area contributed by atoms with E-state index in [2.05, 4.69) is 20.2 Å². The fourth-order valence-corrected chi connectivity index (χ4v) is 4.42. The van der Waals surface area contributed by atoms with Crippen LogP contribution in [-0.2, 0) is 17.9 Å². The maximum absolute atomic E-state index is 13.6. The molecule has 0 bridgehead atoms. The Morgan fingerprint density at radius 1 is 1.03 bits per heavy atom. The summed E-state index contributed by atoms with van der Waals surface area (Å²) < 4.78 is 0. The minimum absolute atomic E-state index is 0. The van der Waals surface area contributed by atoms with Gasteiger partial charge in [-0.1, -0.05) is 42.5 Å². The van der Waals surface area contributed by atoms with Crippen LogP contribution < -0.4 is 10.2 Å². The maximum Gasteiger partial charge on any atom is 0.254 e. The molecule has 0 fully saturated rings. The zero-order chi connectivity index (χ0) is 22.8. The number of rotatable bonds is 4. The van der Waals surface area contributed by atoms with Crippen molar-refractivity contribution in [3.05, 3.63) is 90.0 Å². The number of halogens is 2. The third-order valence-corrected chi connectivity index (χ3v) is 5.97. The number of nitrogens with one attached hydrogen (secondary N) is 2. The Labute approximate surface area is 216 Å². The monoisotopic (exact) mass is 511 g/mol. The van der Waals surface area contributed by atoms with E-state index < -0.39 is 0 Å². The zero-order valence-electron chi connectivity index (χ0n) is 19.2. The second-order valence-corrected chi connectivity index (χ2v) is 8.28. The van der Waals surface area contributed by atoms with Crippen molar-refractivity contribution in [1.29, 1.82) is 0 Å². The first-order valence-corrected chi connectivity index (χ1v) is 11.0. The number of aromatic amines is 1. The molecular formula is C26H27Cl2N5O2. The van der Waals surface area contributed by atoms with Gasteiger partial charge in [0.2, 0.25) is 5.91 Å². The normalized spacial score (nSPS) is 12.7. The highest BCUT2D eigenvalue weighted by Gasteiger charge is 2.25. The average Bonchev–Trinajstić information content (AvgIpc) is 3.27. The standard InChI is InChI=1S/C26H25N5O2.2ClH/c1-18(32)29-21-10-9-20-15-31(12-11-30(25(20)13-21)16-22-14-27-17-28-22)26(33)24-8-4-6-19-5-2-3-7-23(19)24;;/h2-10,13-14,17H,11-12,15-16H2,1H3,(H,27,28)(H,29,32);2*1H. The molecule has 182 valence electrons. The van der Waals surface area contributed by atoms with E-state index >= 15 is 0 Å². The van der Waals surface area contributed by atoms with Gasteiger partial charge in [0.25, 0.3) is 5.91 Å². The van der Waals surface area contributed by atoms with Crippen LogP contribution in [0, 0.1) is 0 Å². The Morgan fingerprint density at radius 3 is 2.60 bits per heavy atom. The van der Waals surface area contributed by atoms with E-state index in [4.69, 9.17) is 0 Å². The number of amides is 2. The first-order valence-electron chi connectivity index (χ1n) is 11.0. The molecule has 1 aliphatic heterocycles. The predicted octanol–water partition coefficient (Wildman–Crippen LogP) is 5.03. The predicted molar refractivity (Wildman–Crippen MR) is 144 cm³/mol. The van der Waals surface area contributed by atoms with Crippen molar-refractivity contribution < 1.29 is 9.59 Å². The number of carbonyl (C=O) groups is 2. The lowest BCUT2D eigenvalue weighted by molar-refractivity contribution is -0.114. The molecule has 2 heterocycles. The van der Waals surface area contributed by atoms with E-state index in [-0.39, 0.29) is 36.6 Å². The largest absolute Gasteiger partial charge is 0.364 e. The summed E-state index contributed by atoms with van der Waals surface area (Å²) in [6, 6.07) is 19.7. The van der Waals surface area contributed by atoms with E-state index in [0.717, 1.165) is 33.4 Å². The summed E-state index contributed by atoms with van der Waals surface area (Å²) >= 11 is 0. The van der Waals surface area contributed by atoms with Crippen LogP contribution in [0.1, 0.15) is 28.5 Å². The van der Waals surface area contributed by atoms with Crippen LogP contribution in [0.5, 0.6) is 0 Å². The van der Waals surface area contributed by atoms with Crippen molar-refractivity contribution in [3.63, 3.8) is 0 Å². The molecule has 0 saturated heterocycles. The summed E-state index contributed by atoms with van der Waals surface area (Å²) in [6.07, 6.45) is 3.47.